The lowest BCUT2D eigenvalue weighted by molar-refractivity contribution is -0.132. The first-order chi connectivity index (χ1) is 8.13. The average Bonchev–Trinajstić information content (AvgIpc) is 2.77. The number of rotatable bonds is 6. The van der Waals surface area contributed by atoms with Crippen molar-refractivity contribution in [2.45, 2.75) is 45.6 Å². The summed E-state index contributed by atoms with van der Waals surface area (Å²) in [5.41, 5.74) is 0. The highest BCUT2D eigenvalue weighted by atomic mass is 16.2. The van der Waals surface area contributed by atoms with Gasteiger partial charge < -0.3 is 10.2 Å². The summed E-state index contributed by atoms with van der Waals surface area (Å²) in [6.07, 6.45) is 8.64. The molecule has 1 N–H and O–H groups in total. The lowest BCUT2D eigenvalue weighted by Gasteiger charge is -2.27. The van der Waals surface area contributed by atoms with Crippen LogP contribution in [0.15, 0.2) is 0 Å². The Bertz CT molecular complexity index is 274. The van der Waals surface area contributed by atoms with Gasteiger partial charge in [-0.2, -0.15) is 0 Å². The molecule has 1 amide bonds. The van der Waals surface area contributed by atoms with E-state index in [2.05, 4.69) is 25.1 Å². The summed E-state index contributed by atoms with van der Waals surface area (Å²) >= 11 is 0. The van der Waals surface area contributed by atoms with Crippen LogP contribution in [0, 0.1) is 18.3 Å². The maximum atomic E-state index is 12.0. The second-order valence-electron chi connectivity index (χ2n) is 5.19. The molecule has 1 unspecified atom stereocenters. The fourth-order valence-electron chi connectivity index (χ4n) is 2.23. The molecule has 1 aliphatic heterocycles. The van der Waals surface area contributed by atoms with Gasteiger partial charge in [0.25, 0.3) is 0 Å². The monoisotopic (exact) mass is 236 g/mol. The lowest BCUT2D eigenvalue weighted by Crippen LogP contribution is -2.42. The number of hydrogen-bond acceptors (Lipinski definition) is 2. The summed E-state index contributed by atoms with van der Waals surface area (Å²) in [6.45, 7) is 7.04. The molecule has 1 fully saturated rings. The minimum absolute atomic E-state index is 0.199. The predicted octanol–water partition coefficient (Wildman–Crippen LogP) is 1.64. The van der Waals surface area contributed by atoms with Crippen LogP contribution in [-0.2, 0) is 4.79 Å². The van der Waals surface area contributed by atoms with Gasteiger partial charge in [-0.15, -0.1) is 12.3 Å². The van der Waals surface area contributed by atoms with Gasteiger partial charge in [-0.05, 0) is 25.3 Å². The first-order valence-corrected chi connectivity index (χ1v) is 6.58. The van der Waals surface area contributed by atoms with Gasteiger partial charge in [0.05, 0.1) is 0 Å². The number of amides is 1. The van der Waals surface area contributed by atoms with Gasteiger partial charge in [-0.1, -0.05) is 13.8 Å². The van der Waals surface area contributed by atoms with Crippen molar-refractivity contribution in [1.29, 1.82) is 0 Å². The second kappa shape index (κ2) is 7.34. The van der Waals surface area contributed by atoms with Gasteiger partial charge in [0.1, 0.15) is 0 Å². The van der Waals surface area contributed by atoms with Crippen molar-refractivity contribution in [1.82, 2.24) is 10.2 Å². The van der Waals surface area contributed by atoms with Crippen LogP contribution in [0.5, 0.6) is 0 Å². The Hall–Kier alpha value is -1.01. The highest BCUT2D eigenvalue weighted by molar-refractivity contribution is 5.76. The number of nitrogens with zero attached hydrogens (tertiary/aromatic N) is 1. The Morgan fingerprint density at radius 1 is 1.59 bits per heavy atom. The SMILES string of the molecule is C#CCCC(=O)N(CC(C)C)CC1CCCN1. The summed E-state index contributed by atoms with van der Waals surface area (Å²) in [5.74, 6) is 3.24. The first-order valence-electron chi connectivity index (χ1n) is 6.58. The van der Waals surface area contributed by atoms with Gasteiger partial charge in [0, 0.05) is 32.0 Å². The quantitative estimate of drug-likeness (QED) is 0.711. The maximum Gasteiger partial charge on any atom is 0.223 e. The summed E-state index contributed by atoms with van der Waals surface area (Å²) in [7, 11) is 0. The Balaban J connectivity index is 2.46. The molecule has 0 spiro atoms. The second-order valence-corrected chi connectivity index (χ2v) is 5.19. The van der Waals surface area contributed by atoms with E-state index in [1.807, 2.05) is 4.90 Å². The highest BCUT2D eigenvalue weighted by Gasteiger charge is 2.21. The topological polar surface area (TPSA) is 32.3 Å². The molecule has 3 heteroatoms. The molecule has 0 radical (unpaired) electrons. The number of carbonyl (C=O) groups is 1. The Labute approximate surface area is 105 Å². The van der Waals surface area contributed by atoms with E-state index in [1.165, 1.54) is 12.8 Å². The third kappa shape index (κ3) is 5.23. The van der Waals surface area contributed by atoms with Crippen molar-refractivity contribution < 1.29 is 4.79 Å². The standard InChI is InChI=1S/C14H24N2O/c1-4-5-8-14(17)16(10-12(2)3)11-13-7-6-9-15-13/h1,12-13,15H,5-11H2,2-3H3. The third-order valence-corrected chi connectivity index (χ3v) is 3.02. The van der Waals surface area contributed by atoms with Crippen molar-refractivity contribution >= 4 is 5.91 Å². The van der Waals surface area contributed by atoms with E-state index < -0.39 is 0 Å². The minimum atomic E-state index is 0.199. The molecule has 17 heavy (non-hydrogen) atoms. The molecule has 0 aromatic rings. The van der Waals surface area contributed by atoms with Gasteiger partial charge in [-0.25, -0.2) is 0 Å². The van der Waals surface area contributed by atoms with Gasteiger partial charge >= 0.3 is 0 Å². The molecule has 1 aliphatic rings. The molecule has 0 bridgehead atoms. The zero-order valence-electron chi connectivity index (χ0n) is 11.0. The van der Waals surface area contributed by atoms with E-state index >= 15 is 0 Å². The summed E-state index contributed by atoms with van der Waals surface area (Å²) in [5, 5.41) is 3.44. The molecule has 3 nitrogen and oxygen atoms in total. The highest BCUT2D eigenvalue weighted by Crippen LogP contribution is 2.10. The molecule has 0 aromatic carbocycles. The van der Waals surface area contributed by atoms with Crippen LogP contribution in [0.4, 0.5) is 0 Å². The smallest absolute Gasteiger partial charge is 0.223 e. The van der Waals surface area contributed by atoms with E-state index in [4.69, 9.17) is 6.42 Å². The molecule has 0 saturated carbocycles. The van der Waals surface area contributed by atoms with Crippen LogP contribution in [0.25, 0.3) is 0 Å². The maximum absolute atomic E-state index is 12.0. The van der Waals surface area contributed by atoms with Crippen molar-refractivity contribution in [2.75, 3.05) is 19.6 Å². The van der Waals surface area contributed by atoms with Crippen molar-refractivity contribution in [2.24, 2.45) is 5.92 Å². The minimum Gasteiger partial charge on any atom is -0.341 e. The molecule has 1 rings (SSSR count). The largest absolute Gasteiger partial charge is 0.341 e. The van der Waals surface area contributed by atoms with E-state index in [0.29, 0.717) is 24.8 Å². The molecule has 1 saturated heterocycles. The van der Waals surface area contributed by atoms with Gasteiger partial charge in [0.2, 0.25) is 5.91 Å². The Morgan fingerprint density at radius 2 is 2.35 bits per heavy atom. The van der Waals surface area contributed by atoms with Crippen LogP contribution in [0.1, 0.15) is 39.5 Å². The number of nitrogens with one attached hydrogen (secondary N) is 1. The number of carbonyl (C=O) groups excluding carboxylic acids is 1. The van der Waals surface area contributed by atoms with E-state index in [0.717, 1.165) is 19.6 Å². The third-order valence-electron chi connectivity index (χ3n) is 3.02. The van der Waals surface area contributed by atoms with E-state index in [-0.39, 0.29) is 5.91 Å². The molecule has 0 aliphatic carbocycles. The predicted molar refractivity (Wildman–Crippen MR) is 70.5 cm³/mol. The summed E-state index contributed by atoms with van der Waals surface area (Å²) in [4.78, 5) is 14.0. The Morgan fingerprint density at radius 3 is 2.88 bits per heavy atom. The Kier molecular flexibility index (Phi) is 6.07. The zero-order chi connectivity index (χ0) is 12.7. The fourth-order valence-corrected chi connectivity index (χ4v) is 2.23. The molecule has 96 valence electrons. The van der Waals surface area contributed by atoms with Crippen molar-refractivity contribution in [3.63, 3.8) is 0 Å². The molecular formula is C14H24N2O. The number of hydrogen-bond donors (Lipinski definition) is 1. The van der Waals surface area contributed by atoms with Crippen molar-refractivity contribution in [3.8, 4) is 12.3 Å². The first kappa shape index (κ1) is 14.1. The molecular weight excluding hydrogens is 212 g/mol. The average molecular weight is 236 g/mol. The van der Waals surface area contributed by atoms with E-state index in [9.17, 15) is 4.79 Å². The molecule has 1 atom stereocenters. The van der Waals surface area contributed by atoms with Crippen molar-refractivity contribution in [3.05, 3.63) is 0 Å². The lowest BCUT2D eigenvalue weighted by atomic mass is 10.1. The van der Waals surface area contributed by atoms with Crippen LogP contribution < -0.4 is 5.32 Å². The van der Waals surface area contributed by atoms with Crippen LogP contribution >= 0.6 is 0 Å². The van der Waals surface area contributed by atoms with E-state index in [1.54, 1.807) is 0 Å². The fraction of sp³-hybridized carbons (Fsp3) is 0.786. The van der Waals surface area contributed by atoms with Gasteiger partial charge in [-0.3, -0.25) is 4.79 Å². The van der Waals surface area contributed by atoms with Crippen LogP contribution in [-0.4, -0.2) is 36.5 Å². The van der Waals surface area contributed by atoms with Gasteiger partial charge in [0.15, 0.2) is 0 Å². The molecule has 0 aromatic heterocycles. The summed E-state index contributed by atoms with van der Waals surface area (Å²) in [6, 6.07) is 0.475. The molecule has 1 heterocycles. The van der Waals surface area contributed by atoms with Crippen LogP contribution in [0.3, 0.4) is 0 Å². The van der Waals surface area contributed by atoms with Crippen LogP contribution in [0.2, 0.25) is 0 Å². The summed E-state index contributed by atoms with van der Waals surface area (Å²) < 4.78 is 0. The number of terminal acetylenes is 1. The normalized spacial score (nSPS) is 19.3. The zero-order valence-corrected chi connectivity index (χ0v) is 11.0.